The summed E-state index contributed by atoms with van der Waals surface area (Å²) in [6, 6.07) is 6.42. The monoisotopic (exact) mass is 258 g/mol. The molecule has 2 heterocycles. The third kappa shape index (κ3) is 2.81. The molecule has 0 aliphatic carbocycles. The molecule has 2 aromatic rings. The van der Waals surface area contributed by atoms with Crippen molar-refractivity contribution in [1.82, 2.24) is 10.3 Å². The molecule has 0 spiro atoms. The Balaban J connectivity index is 1.87. The summed E-state index contributed by atoms with van der Waals surface area (Å²) in [7, 11) is 0. The summed E-state index contributed by atoms with van der Waals surface area (Å²) in [5.74, 6) is 2.09. The van der Waals surface area contributed by atoms with Crippen LogP contribution >= 0.6 is 0 Å². The van der Waals surface area contributed by atoms with Gasteiger partial charge in [0.15, 0.2) is 11.5 Å². The van der Waals surface area contributed by atoms with Gasteiger partial charge in [0.1, 0.15) is 5.52 Å². The summed E-state index contributed by atoms with van der Waals surface area (Å²) >= 11 is 0. The third-order valence-corrected chi connectivity index (χ3v) is 3.80. The summed E-state index contributed by atoms with van der Waals surface area (Å²) < 4.78 is 5.93. The largest absolute Gasteiger partial charge is 0.440 e. The number of piperidine rings is 1. The second-order valence-electron chi connectivity index (χ2n) is 5.98. The van der Waals surface area contributed by atoms with Crippen molar-refractivity contribution in [3.8, 4) is 0 Å². The van der Waals surface area contributed by atoms with E-state index < -0.39 is 0 Å². The predicted octanol–water partition coefficient (Wildman–Crippen LogP) is 3.49. The number of hydrogen-bond donors (Lipinski definition) is 1. The van der Waals surface area contributed by atoms with E-state index in [-0.39, 0.29) is 0 Å². The first-order chi connectivity index (χ1) is 9.22. The molecule has 1 aromatic heterocycles. The van der Waals surface area contributed by atoms with Gasteiger partial charge in [-0.05, 0) is 56.0 Å². The molecular weight excluding hydrogens is 236 g/mol. The molecule has 0 bridgehead atoms. The SMILES string of the molecule is CC(C)Cc1ccc2oc(C3CCNCC3)nc2c1. The molecule has 19 heavy (non-hydrogen) atoms. The molecule has 0 unspecified atom stereocenters. The molecule has 102 valence electrons. The lowest BCUT2D eigenvalue weighted by molar-refractivity contribution is 0.385. The van der Waals surface area contributed by atoms with E-state index in [9.17, 15) is 0 Å². The molecular formula is C16H22N2O. The number of fused-ring (bicyclic) bond motifs is 1. The minimum atomic E-state index is 0.488. The number of benzene rings is 1. The van der Waals surface area contributed by atoms with Crippen molar-refractivity contribution >= 4 is 11.1 Å². The lowest BCUT2D eigenvalue weighted by Gasteiger charge is -2.19. The van der Waals surface area contributed by atoms with Crippen LogP contribution in [0, 0.1) is 5.92 Å². The van der Waals surface area contributed by atoms with Gasteiger partial charge in [-0.25, -0.2) is 4.98 Å². The predicted molar refractivity (Wildman–Crippen MR) is 77.4 cm³/mol. The van der Waals surface area contributed by atoms with Crippen molar-refractivity contribution in [2.24, 2.45) is 5.92 Å². The van der Waals surface area contributed by atoms with Crippen molar-refractivity contribution in [3.05, 3.63) is 29.7 Å². The van der Waals surface area contributed by atoms with Gasteiger partial charge in [-0.3, -0.25) is 0 Å². The zero-order valence-corrected chi connectivity index (χ0v) is 11.8. The Bertz CT molecular complexity index is 553. The Hall–Kier alpha value is -1.35. The zero-order chi connectivity index (χ0) is 13.2. The summed E-state index contributed by atoms with van der Waals surface area (Å²) in [5, 5.41) is 3.38. The van der Waals surface area contributed by atoms with E-state index in [2.05, 4.69) is 37.4 Å². The minimum absolute atomic E-state index is 0.488. The third-order valence-electron chi connectivity index (χ3n) is 3.80. The van der Waals surface area contributed by atoms with Crippen molar-refractivity contribution in [2.45, 2.75) is 39.0 Å². The number of hydrogen-bond acceptors (Lipinski definition) is 3. The van der Waals surface area contributed by atoms with Crippen LogP contribution < -0.4 is 5.32 Å². The molecule has 1 aliphatic rings. The smallest absolute Gasteiger partial charge is 0.198 e. The topological polar surface area (TPSA) is 38.1 Å². The maximum absolute atomic E-state index is 5.93. The van der Waals surface area contributed by atoms with Gasteiger partial charge in [-0.15, -0.1) is 0 Å². The fourth-order valence-electron chi connectivity index (χ4n) is 2.83. The zero-order valence-electron chi connectivity index (χ0n) is 11.8. The van der Waals surface area contributed by atoms with Crippen molar-refractivity contribution in [1.29, 1.82) is 0 Å². The Labute approximate surface area is 114 Å². The fraction of sp³-hybridized carbons (Fsp3) is 0.562. The molecule has 0 radical (unpaired) electrons. The van der Waals surface area contributed by atoms with Gasteiger partial charge >= 0.3 is 0 Å². The second kappa shape index (κ2) is 5.33. The van der Waals surface area contributed by atoms with Gasteiger partial charge in [0.05, 0.1) is 0 Å². The van der Waals surface area contributed by atoms with E-state index in [0.29, 0.717) is 11.8 Å². The molecule has 0 atom stereocenters. The number of nitrogens with zero attached hydrogens (tertiary/aromatic N) is 1. The van der Waals surface area contributed by atoms with Crippen molar-refractivity contribution < 1.29 is 4.42 Å². The maximum Gasteiger partial charge on any atom is 0.198 e. The summed E-state index contributed by atoms with van der Waals surface area (Å²) in [6.45, 7) is 6.63. The van der Waals surface area contributed by atoms with E-state index >= 15 is 0 Å². The van der Waals surface area contributed by atoms with Crippen LogP contribution in [0.5, 0.6) is 0 Å². The van der Waals surface area contributed by atoms with E-state index in [1.807, 2.05) is 0 Å². The Morgan fingerprint density at radius 1 is 1.32 bits per heavy atom. The van der Waals surface area contributed by atoms with Crippen molar-refractivity contribution in [3.63, 3.8) is 0 Å². The molecule has 3 heteroatoms. The Kier molecular flexibility index (Phi) is 3.56. The molecule has 0 saturated carbocycles. The molecule has 0 amide bonds. The molecule has 3 rings (SSSR count). The van der Waals surface area contributed by atoms with E-state index in [1.165, 1.54) is 5.56 Å². The standard InChI is InChI=1S/C16H22N2O/c1-11(2)9-12-3-4-15-14(10-12)18-16(19-15)13-5-7-17-8-6-13/h3-4,10-11,13,17H,5-9H2,1-2H3. The molecule has 1 N–H and O–H groups in total. The van der Waals surface area contributed by atoms with Gasteiger partial charge in [0.25, 0.3) is 0 Å². The van der Waals surface area contributed by atoms with Gasteiger partial charge in [-0.2, -0.15) is 0 Å². The summed E-state index contributed by atoms with van der Waals surface area (Å²) in [5.41, 5.74) is 3.31. The van der Waals surface area contributed by atoms with Crippen LogP contribution in [0.15, 0.2) is 22.6 Å². The van der Waals surface area contributed by atoms with Gasteiger partial charge < -0.3 is 9.73 Å². The first-order valence-electron chi connectivity index (χ1n) is 7.32. The number of nitrogens with one attached hydrogen (secondary N) is 1. The fourth-order valence-corrected chi connectivity index (χ4v) is 2.83. The minimum Gasteiger partial charge on any atom is -0.440 e. The van der Waals surface area contributed by atoms with E-state index in [4.69, 9.17) is 9.40 Å². The van der Waals surface area contributed by atoms with Crippen LogP contribution in [0.2, 0.25) is 0 Å². The first kappa shape index (κ1) is 12.7. The first-order valence-corrected chi connectivity index (χ1v) is 7.32. The molecule has 1 aromatic carbocycles. The highest BCUT2D eigenvalue weighted by molar-refractivity contribution is 5.73. The van der Waals surface area contributed by atoms with Gasteiger partial charge in [-0.1, -0.05) is 19.9 Å². The average Bonchev–Trinajstić information content (AvgIpc) is 2.82. The molecule has 1 fully saturated rings. The molecule has 1 saturated heterocycles. The Morgan fingerprint density at radius 3 is 2.84 bits per heavy atom. The van der Waals surface area contributed by atoms with Gasteiger partial charge in [0.2, 0.25) is 0 Å². The molecule has 1 aliphatic heterocycles. The van der Waals surface area contributed by atoms with Crippen LogP contribution in [-0.2, 0) is 6.42 Å². The van der Waals surface area contributed by atoms with Crippen LogP contribution in [0.3, 0.4) is 0 Å². The van der Waals surface area contributed by atoms with Crippen molar-refractivity contribution in [2.75, 3.05) is 13.1 Å². The highest BCUT2D eigenvalue weighted by Gasteiger charge is 2.20. The highest BCUT2D eigenvalue weighted by atomic mass is 16.3. The normalized spacial score (nSPS) is 17.4. The lowest BCUT2D eigenvalue weighted by Crippen LogP contribution is -2.26. The number of aromatic nitrogens is 1. The lowest BCUT2D eigenvalue weighted by atomic mass is 9.98. The van der Waals surface area contributed by atoms with Crippen LogP contribution in [0.4, 0.5) is 0 Å². The second-order valence-corrected chi connectivity index (χ2v) is 5.98. The number of oxazole rings is 1. The Morgan fingerprint density at radius 2 is 2.11 bits per heavy atom. The van der Waals surface area contributed by atoms with Crippen LogP contribution in [0.25, 0.3) is 11.1 Å². The van der Waals surface area contributed by atoms with Crippen LogP contribution in [-0.4, -0.2) is 18.1 Å². The average molecular weight is 258 g/mol. The summed E-state index contributed by atoms with van der Waals surface area (Å²) in [4.78, 5) is 4.71. The van der Waals surface area contributed by atoms with Gasteiger partial charge in [0, 0.05) is 5.92 Å². The van der Waals surface area contributed by atoms with E-state index in [0.717, 1.165) is 49.3 Å². The van der Waals surface area contributed by atoms with E-state index in [1.54, 1.807) is 0 Å². The molecule has 3 nitrogen and oxygen atoms in total. The van der Waals surface area contributed by atoms with Crippen LogP contribution in [0.1, 0.15) is 44.1 Å². The number of rotatable bonds is 3. The quantitative estimate of drug-likeness (QED) is 0.915. The maximum atomic E-state index is 5.93. The summed E-state index contributed by atoms with van der Waals surface area (Å²) in [6.07, 6.45) is 3.36. The highest BCUT2D eigenvalue weighted by Crippen LogP contribution is 2.28.